The van der Waals surface area contributed by atoms with Crippen molar-refractivity contribution < 1.29 is 14.3 Å². The Kier molecular flexibility index (Phi) is 4.74. The van der Waals surface area contributed by atoms with Gasteiger partial charge in [0.25, 0.3) is 5.91 Å². The molecule has 0 fully saturated rings. The van der Waals surface area contributed by atoms with Crippen molar-refractivity contribution in [1.82, 2.24) is 15.1 Å². The van der Waals surface area contributed by atoms with E-state index < -0.39 is 5.97 Å². The van der Waals surface area contributed by atoms with Gasteiger partial charge in [-0.2, -0.15) is 5.10 Å². The summed E-state index contributed by atoms with van der Waals surface area (Å²) < 4.78 is 7.13. The maximum Gasteiger partial charge on any atom is 0.337 e. The summed E-state index contributed by atoms with van der Waals surface area (Å²) in [7, 11) is 3.12. The zero-order valence-corrected chi connectivity index (χ0v) is 13.2. The highest BCUT2D eigenvalue weighted by molar-refractivity contribution is 9.10. The van der Waals surface area contributed by atoms with Crippen LogP contribution in [0.25, 0.3) is 0 Å². The average molecular weight is 352 g/mol. The van der Waals surface area contributed by atoms with Crippen LogP contribution in [0.4, 0.5) is 0 Å². The van der Waals surface area contributed by atoms with Crippen LogP contribution in [0.3, 0.4) is 0 Å². The van der Waals surface area contributed by atoms with E-state index in [1.54, 1.807) is 42.2 Å². The van der Waals surface area contributed by atoms with E-state index in [1.165, 1.54) is 7.11 Å². The zero-order valence-electron chi connectivity index (χ0n) is 11.6. The number of carbonyl (C=O) groups is 2. The summed E-state index contributed by atoms with van der Waals surface area (Å²) in [5.41, 5.74) is 1.75. The number of aryl methyl sites for hydroxylation is 1. The quantitative estimate of drug-likeness (QED) is 0.853. The highest BCUT2D eigenvalue weighted by Crippen LogP contribution is 2.14. The van der Waals surface area contributed by atoms with E-state index in [0.717, 1.165) is 10.2 Å². The summed E-state index contributed by atoms with van der Waals surface area (Å²) >= 11 is 3.37. The number of rotatable bonds is 4. The maximum atomic E-state index is 12.0. The van der Waals surface area contributed by atoms with E-state index in [9.17, 15) is 9.59 Å². The van der Waals surface area contributed by atoms with Gasteiger partial charge in [0.05, 0.1) is 35.6 Å². The minimum Gasteiger partial charge on any atom is -0.465 e. The number of carbonyl (C=O) groups excluding carboxylic acids is 2. The molecule has 0 spiro atoms. The number of methoxy groups -OCH3 is 1. The fourth-order valence-corrected chi connectivity index (χ4v) is 2.26. The molecule has 2 aromatic rings. The smallest absolute Gasteiger partial charge is 0.337 e. The van der Waals surface area contributed by atoms with Crippen LogP contribution in [0.15, 0.2) is 34.9 Å². The highest BCUT2D eigenvalue weighted by atomic mass is 79.9. The number of aromatic nitrogens is 2. The molecule has 0 unspecified atom stereocenters. The van der Waals surface area contributed by atoms with E-state index in [4.69, 9.17) is 0 Å². The molecule has 6 nitrogen and oxygen atoms in total. The predicted molar refractivity (Wildman–Crippen MR) is 79.9 cm³/mol. The lowest BCUT2D eigenvalue weighted by Crippen LogP contribution is -2.24. The Hall–Kier alpha value is -2.15. The van der Waals surface area contributed by atoms with Gasteiger partial charge in [-0.1, -0.05) is 0 Å². The molecule has 1 aromatic carbocycles. The molecule has 0 bridgehead atoms. The van der Waals surface area contributed by atoms with Crippen LogP contribution < -0.4 is 5.32 Å². The second kappa shape index (κ2) is 6.53. The molecule has 21 heavy (non-hydrogen) atoms. The van der Waals surface area contributed by atoms with Crippen molar-refractivity contribution in [3.63, 3.8) is 0 Å². The number of nitrogens with one attached hydrogen (secondary N) is 1. The molecule has 1 amide bonds. The molecule has 7 heteroatoms. The number of hydrogen-bond donors (Lipinski definition) is 1. The number of esters is 1. The van der Waals surface area contributed by atoms with Crippen molar-refractivity contribution in [3.8, 4) is 0 Å². The third-order valence-corrected chi connectivity index (χ3v) is 3.66. The van der Waals surface area contributed by atoms with E-state index >= 15 is 0 Å². The van der Waals surface area contributed by atoms with Gasteiger partial charge in [0.1, 0.15) is 0 Å². The molecule has 0 saturated heterocycles. The van der Waals surface area contributed by atoms with E-state index in [2.05, 4.69) is 31.1 Å². The molecule has 110 valence electrons. The third kappa shape index (κ3) is 3.49. The Balaban J connectivity index is 2.02. The molecule has 2 rings (SSSR count). The fraction of sp³-hybridized carbons (Fsp3) is 0.214. The van der Waals surface area contributed by atoms with Gasteiger partial charge in [-0.25, -0.2) is 4.79 Å². The van der Waals surface area contributed by atoms with Gasteiger partial charge in [0.15, 0.2) is 0 Å². The molecule has 0 atom stereocenters. The van der Waals surface area contributed by atoms with Crippen LogP contribution in [0.2, 0.25) is 0 Å². The van der Waals surface area contributed by atoms with Crippen LogP contribution in [-0.4, -0.2) is 28.8 Å². The van der Waals surface area contributed by atoms with E-state index in [0.29, 0.717) is 17.7 Å². The molecule has 0 aliphatic heterocycles. The van der Waals surface area contributed by atoms with Crippen LogP contribution >= 0.6 is 15.9 Å². The number of ether oxygens (including phenoxy) is 1. The molecule has 0 saturated carbocycles. The Morgan fingerprint density at radius 1 is 1.29 bits per heavy atom. The van der Waals surface area contributed by atoms with Crippen LogP contribution in [-0.2, 0) is 18.3 Å². The summed E-state index contributed by atoms with van der Waals surface area (Å²) in [5.74, 6) is -0.653. The van der Waals surface area contributed by atoms with Crippen LogP contribution in [0.1, 0.15) is 26.4 Å². The molecule has 1 heterocycles. The van der Waals surface area contributed by atoms with Gasteiger partial charge in [0, 0.05) is 12.6 Å². The second-order valence-corrected chi connectivity index (χ2v) is 5.17. The largest absolute Gasteiger partial charge is 0.465 e. The average Bonchev–Trinajstić information content (AvgIpc) is 2.83. The monoisotopic (exact) mass is 351 g/mol. The number of benzene rings is 1. The summed E-state index contributed by atoms with van der Waals surface area (Å²) in [6.07, 6.45) is 1.67. The van der Waals surface area contributed by atoms with Crippen molar-refractivity contribution >= 4 is 27.8 Å². The van der Waals surface area contributed by atoms with Crippen LogP contribution in [0.5, 0.6) is 0 Å². The molecule has 1 aromatic heterocycles. The number of halogens is 1. The molecule has 0 aliphatic carbocycles. The van der Waals surface area contributed by atoms with Gasteiger partial charge in [-0.15, -0.1) is 0 Å². The Morgan fingerprint density at radius 3 is 2.43 bits per heavy atom. The van der Waals surface area contributed by atoms with Crippen molar-refractivity contribution in [3.05, 3.63) is 51.8 Å². The SMILES string of the molecule is COC(=O)c1ccc(C(=O)NCc2c(Br)cnn2C)cc1. The van der Waals surface area contributed by atoms with Gasteiger partial charge < -0.3 is 10.1 Å². The number of nitrogens with zero attached hydrogens (tertiary/aromatic N) is 2. The molecule has 1 N–H and O–H groups in total. The Bertz CT molecular complexity index is 645. The predicted octanol–water partition coefficient (Wildman–Crippen LogP) is 1.90. The lowest BCUT2D eigenvalue weighted by molar-refractivity contribution is 0.0600. The maximum absolute atomic E-state index is 12.0. The fourth-order valence-electron chi connectivity index (χ4n) is 1.78. The zero-order chi connectivity index (χ0) is 15.4. The lowest BCUT2D eigenvalue weighted by atomic mass is 10.1. The van der Waals surface area contributed by atoms with Crippen molar-refractivity contribution in [2.75, 3.05) is 7.11 Å². The minimum absolute atomic E-state index is 0.223. The summed E-state index contributed by atoms with van der Waals surface area (Å²) in [6, 6.07) is 6.28. The van der Waals surface area contributed by atoms with E-state index in [-0.39, 0.29) is 5.91 Å². The number of amides is 1. The van der Waals surface area contributed by atoms with E-state index in [1.807, 2.05) is 0 Å². The normalized spacial score (nSPS) is 10.2. The second-order valence-electron chi connectivity index (χ2n) is 4.31. The summed E-state index contributed by atoms with van der Waals surface area (Å²) in [5, 5.41) is 6.87. The number of hydrogen-bond acceptors (Lipinski definition) is 4. The first-order valence-corrected chi connectivity index (χ1v) is 6.95. The lowest BCUT2D eigenvalue weighted by Gasteiger charge is -2.07. The molecular weight excluding hydrogens is 338 g/mol. The van der Waals surface area contributed by atoms with Gasteiger partial charge in [0.2, 0.25) is 0 Å². The van der Waals surface area contributed by atoms with Crippen molar-refractivity contribution in [1.29, 1.82) is 0 Å². The Morgan fingerprint density at radius 2 is 1.90 bits per heavy atom. The topological polar surface area (TPSA) is 73.2 Å². The van der Waals surface area contributed by atoms with Gasteiger partial charge in [-0.3, -0.25) is 9.48 Å². The molecule has 0 radical (unpaired) electrons. The molecule has 0 aliphatic rings. The standard InChI is InChI=1S/C14H14BrN3O3/c1-18-12(11(15)7-17-18)8-16-13(19)9-3-5-10(6-4-9)14(20)21-2/h3-7H,8H2,1-2H3,(H,16,19). The Labute approximate surface area is 130 Å². The first-order chi connectivity index (χ1) is 10.0. The first kappa shape index (κ1) is 15.2. The summed E-state index contributed by atoms with van der Waals surface area (Å²) in [4.78, 5) is 23.4. The van der Waals surface area contributed by atoms with Crippen molar-refractivity contribution in [2.45, 2.75) is 6.54 Å². The first-order valence-electron chi connectivity index (χ1n) is 6.16. The van der Waals surface area contributed by atoms with Gasteiger partial charge >= 0.3 is 5.97 Å². The third-order valence-electron chi connectivity index (χ3n) is 3.00. The van der Waals surface area contributed by atoms with Crippen molar-refractivity contribution in [2.24, 2.45) is 7.05 Å². The van der Waals surface area contributed by atoms with Gasteiger partial charge in [-0.05, 0) is 40.2 Å². The minimum atomic E-state index is -0.430. The van der Waals surface area contributed by atoms with Crippen LogP contribution in [0, 0.1) is 0 Å². The molecular formula is C14H14BrN3O3. The summed E-state index contributed by atoms with van der Waals surface area (Å²) in [6.45, 7) is 0.356. The highest BCUT2D eigenvalue weighted by Gasteiger charge is 2.11.